The van der Waals surface area contributed by atoms with E-state index in [1.54, 1.807) is 0 Å². The minimum Gasteiger partial charge on any atom is -0.478 e. The molecular weight excluding hydrogens is 299 g/mol. The summed E-state index contributed by atoms with van der Waals surface area (Å²) < 4.78 is 38.9. The third kappa shape index (κ3) is 3.99. The Morgan fingerprint density at radius 3 is 2.52 bits per heavy atom. The van der Waals surface area contributed by atoms with Gasteiger partial charge in [-0.3, -0.25) is 4.72 Å². The number of carbonyl (C=O) groups is 1. The van der Waals surface area contributed by atoms with E-state index in [2.05, 4.69) is 9.71 Å². The van der Waals surface area contributed by atoms with Crippen molar-refractivity contribution < 1.29 is 22.7 Å². The summed E-state index contributed by atoms with van der Waals surface area (Å²) in [5, 5.41) is 8.97. The molecule has 0 amide bonds. The minimum atomic E-state index is -3.85. The Balaban J connectivity index is 2.22. The van der Waals surface area contributed by atoms with E-state index in [9.17, 15) is 17.6 Å². The molecule has 0 radical (unpaired) electrons. The zero-order valence-corrected chi connectivity index (χ0v) is 11.5. The van der Waals surface area contributed by atoms with Crippen molar-refractivity contribution in [3.05, 3.63) is 59.5 Å². The zero-order valence-electron chi connectivity index (χ0n) is 10.7. The van der Waals surface area contributed by atoms with Crippen molar-refractivity contribution in [3.8, 4) is 0 Å². The van der Waals surface area contributed by atoms with Crippen LogP contribution in [0.15, 0.2) is 42.6 Å². The molecule has 21 heavy (non-hydrogen) atoms. The van der Waals surface area contributed by atoms with E-state index >= 15 is 0 Å². The molecule has 2 rings (SSSR count). The first-order valence-corrected chi connectivity index (χ1v) is 7.46. The smallest absolute Gasteiger partial charge is 0.339 e. The van der Waals surface area contributed by atoms with E-state index in [4.69, 9.17) is 5.11 Å². The van der Waals surface area contributed by atoms with Crippen LogP contribution in [0.2, 0.25) is 0 Å². The van der Waals surface area contributed by atoms with Gasteiger partial charge in [0.25, 0.3) is 0 Å². The summed E-state index contributed by atoms with van der Waals surface area (Å²) in [6.45, 7) is 0. The highest BCUT2D eigenvalue weighted by Gasteiger charge is 2.17. The Morgan fingerprint density at radius 2 is 1.90 bits per heavy atom. The van der Waals surface area contributed by atoms with Gasteiger partial charge in [0.1, 0.15) is 11.4 Å². The van der Waals surface area contributed by atoms with Gasteiger partial charge in [0.15, 0.2) is 5.82 Å². The van der Waals surface area contributed by atoms with Gasteiger partial charge in [-0.15, -0.1) is 0 Å². The Kier molecular flexibility index (Phi) is 4.18. The summed E-state index contributed by atoms with van der Waals surface area (Å²) >= 11 is 0. The molecule has 0 atom stereocenters. The molecule has 0 spiro atoms. The second kappa shape index (κ2) is 5.88. The topological polar surface area (TPSA) is 96.4 Å². The predicted molar refractivity (Wildman–Crippen MR) is 73.8 cm³/mol. The van der Waals surface area contributed by atoms with Crippen LogP contribution in [0.4, 0.5) is 10.2 Å². The maximum absolute atomic E-state index is 12.8. The molecule has 110 valence electrons. The number of anilines is 1. The fourth-order valence-corrected chi connectivity index (χ4v) is 2.80. The Morgan fingerprint density at radius 1 is 1.24 bits per heavy atom. The standard InChI is InChI=1S/C13H11FN2O4S/c14-10-5-3-9(4-6-10)8-21(19,20)16-12-11(13(17)18)2-1-7-15-12/h1-7H,8H2,(H,15,16)(H,17,18). The first-order valence-electron chi connectivity index (χ1n) is 5.80. The number of halogens is 1. The number of sulfonamides is 1. The lowest BCUT2D eigenvalue weighted by molar-refractivity contribution is 0.0697. The van der Waals surface area contributed by atoms with Crippen LogP contribution in [0.5, 0.6) is 0 Å². The van der Waals surface area contributed by atoms with Gasteiger partial charge in [-0.2, -0.15) is 0 Å². The van der Waals surface area contributed by atoms with E-state index in [1.807, 2.05) is 0 Å². The number of nitrogens with zero attached hydrogens (tertiary/aromatic N) is 1. The van der Waals surface area contributed by atoms with Crippen LogP contribution >= 0.6 is 0 Å². The quantitative estimate of drug-likeness (QED) is 0.878. The van der Waals surface area contributed by atoms with Crippen molar-refractivity contribution in [2.75, 3.05) is 4.72 Å². The lowest BCUT2D eigenvalue weighted by Gasteiger charge is -2.09. The van der Waals surface area contributed by atoms with E-state index in [0.717, 1.165) is 12.1 Å². The molecule has 0 unspecified atom stereocenters. The SMILES string of the molecule is O=C(O)c1cccnc1NS(=O)(=O)Cc1ccc(F)cc1. The fourth-order valence-electron chi connectivity index (χ4n) is 1.64. The van der Waals surface area contributed by atoms with Crippen LogP contribution in [-0.2, 0) is 15.8 Å². The van der Waals surface area contributed by atoms with Gasteiger partial charge in [-0.25, -0.2) is 22.6 Å². The summed E-state index contributed by atoms with van der Waals surface area (Å²) in [7, 11) is -3.85. The molecule has 0 fully saturated rings. The van der Waals surface area contributed by atoms with Gasteiger partial charge in [0, 0.05) is 6.20 Å². The van der Waals surface area contributed by atoms with Crippen molar-refractivity contribution in [1.29, 1.82) is 0 Å². The molecule has 2 aromatic rings. The van der Waals surface area contributed by atoms with Crippen molar-refractivity contribution in [2.45, 2.75) is 5.75 Å². The van der Waals surface area contributed by atoms with Crippen molar-refractivity contribution >= 4 is 21.8 Å². The van der Waals surface area contributed by atoms with Crippen molar-refractivity contribution in [2.24, 2.45) is 0 Å². The van der Waals surface area contributed by atoms with Crippen LogP contribution in [0.3, 0.4) is 0 Å². The number of aromatic carboxylic acids is 1. The maximum Gasteiger partial charge on any atom is 0.339 e. The molecule has 0 saturated carbocycles. The predicted octanol–water partition coefficient (Wildman–Crippen LogP) is 1.86. The monoisotopic (exact) mass is 310 g/mol. The molecule has 6 nitrogen and oxygen atoms in total. The van der Waals surface area contributed by atoms with Gasteiger partial charge in [0.05, 0.1) is 5.75 Å². The highest BCUT2D eigenvalue weighted by Crippen LogP contribution is 2.15. The summed E-state index contributed by atoms with van der Waals surface area (Å²) in [4.78, 5) is 14.7. The maximum atomic E-state index is 12.8. The number of aromatic nitrogens is 1. The molecule has 0 saturated heterocycles. The Bertz CT molecular complexity index is 760. The van der Waals surface area contributed by atoms with E-state index in [-0.39, 0.29) is 11.4 Å². The average Bonchev–Trinajstić information content (AvgIpc) is 2.41. The zero-order chi connectivity index (χ0) is 15.5. The first kappa shape index (κ1) is 14.9. The van der Waals surface area contributed by atoms with Gasteiger partial charge in [-0.1, -0.05) is 12.1 Å². The Labute approximate surface area is 120 Å². The number of hydrogen-bond acceptors (Lipinski definition) is 4. The molecule has 0 bridgehead atoms. The second-order valence-corrected chi connectivity index (χ2v) is 5.91. The molecule has 0 aliphatic rings. The average molecular weight is 310 g/mol. The number of nitrogens with one attached hydrogen (secondary N) is 1. The second-order valence-electron chi connectivity index (χ2n) is 4.19. The molecule has 1 aromatic carbocycles. The fraction of sp³-hybridized carbons (Fsp3) is 0.0769. The lowest BCUT2D eigenvalue weighted by atomic mass is 10.2. The summed E-state index contributed by atoms with van der Waals surface area (Å²) in [6.07, 6.45) is 1.28. The number of benzene rings is 1. The summed E-state index contributed by atoms with van der Waals surface area (Å²) in [6, 6.07) is 7.60. The first-order chi connectivity index (χ1) is 9.87. The van der Waals surface area contributed by atoms with Crippen LogP contribution in [-0.4, -0.2) is 24.5 Å². The minimum absolute atomic E-state index is 0.250. The van der Waals surface area contributed by atoms with Crippen molar-refractivity contribution in [3.63, 3.8) is 0 Å². The number of hydrogen-bond donors (Lipinski definition) is 2. The molecule has 0 aliphatic heterocycles. The number of carboxylic acids is 1. The van der Waals surface area contributed by atoms with E-state index < -0.39 is 27.6 Å². The van der Waals surface area contributed by atoms with Crippen LogP contribution in [0.25, 0.3) is 0 Å². The Hall–Kier alpha value is -2.48. The third-order valence-electron chi connectivity index (χ3n) is 2.56. The summed E-state index contributed by atoms with van der Waals surface area (Å²) in [5.41, 5.74) is 0.122. The molecule has 0 aliphatic carbocycles. The van der Waals surface area contributed by atoms with Gasteiger partial charge >= 0.3 is 5.97 Å². The van der Waals surface area contributed by atoms with Gasteiger partial charge in [0.2, 0.25) is 10.0 Å². The molecule has 8 heteroatoms. The number of pyridine rings is 1. The van der Waals surface area contributed by atoms with Crippen LogP contribution in [0.1, 0.15) is 15.9 Å². The summed E-state index contributed by atoms with van der Waals surface area (Å²) in [5.74, 6) is -2.43. The molecule has 2 N–H and O–H groups in total. The highest BCUT2D eigenvalue weighted by molar-refractivity contribution is 7.91. The molecule has 1 heterocycles. The number of rotatable bonds is 5. The lowest BCUT2D eigenvalue weighted by Crippen LogP contribution is -2.18. The molecular formula is C13H11FN2O4S. The normalized spacial score (nSPS) is 11.1. The van der Waals surface area contributed by atoms with E-state index in [0.29, 0.717) is 5.56 Å². The third-order valence-corrected chi connectivity index (χ3v) is 3.78. The number of carboxylic acid groups (broad SMARTS) is 1. The largest absolute Gasteiger partial charge is 0.478 e. The van der Waals surface area contributed by atoms with Gasteiger partial charge < -0.3 is 5.11 Å². The highest BCUT2D eigenvalue weighted by atomic mass is 32.2. The molecule has 1 aromatic heterocycles. The van der Waals surface area contributed by atoms with E-state index in [1.165, 1.54) is 30.5 Å². The van der Waals surface area contributed by atoms with Gasteiger partial charge in [-0.05, 0) is 29.8 Å². The van der Waals surface area contributed by atoms with Crippen LogP contribution in [0, 0.1) is 5.82 Å². The van der Waals surface area contributed by atoms with Crippen LogP contribution < -0.4 is 4.72 Å². The van der Waals surface area contributed by atoms with Crippen molar-refractivity contribution in [1.82, 2.24) is 4.98 Å².